The zero-order valence-corrected chi connectivity index (χ0v) is 9.34. The molecule has 0 unspecified atom stereocenters. The third-order valence-corrected chi connectivity index (χ3v) is 1.83. The lowest BCUT2D eigenvalue weighted by Crippen LogP contribution is -2.10. The number of benzene rings is 1. The van der Waals surface area contributed by atoms with Crippen LogP contribution in [0.15, 0.2) is 24.3 Å². The number of hydrogen-bond donors (Lipinski definition) is 1. The highest BCUT2D eigenvalue weighted by Gasteiger charge is 2.07. The van der Waals surface area contributed by atoms with Gasteiger partial charge in [0.15, 0.2) is 0 Å². The molecular formula is C11H14BO4. The number of rotatable bonds is 5. The summed E-state index contributed by atoms with van der Waals surface area (Å²) >= 11 is 0. The number of hydrogen-bond acceptors (Lipinski definition) is 4. The molecule has 0 atom stereocenters. The second-order valence-corrected chi connectivity index (χ2v) is 3.74. The maximum atomic E-state index is 11.5. The average Bonchev–Trinajstić information content (AvgIpc) is 2.27. The van der Waals surface area contributed by atoms with Crippen LogP contribution in [0.1, 0.15) is 24.2 Å². The molecule has 5 heteroatoms. The summed E-state index contributed by atoms with van der Waals surface area (Å²) in [5.74, 6) is 0.423. The molecule has 1 aromatic rings. The van der Waals surface area contributed by atoms with Crippen molar-refractivity contribution in [2.45, 2.75) is 13.8 Å². The van der Waals surface area contributed by atoms with Crippen molar-refractivity contribution in [2.24, 2.45) is 5.92 Å². The second-order valence-electron chi connectivity index (χ2n) is 3.74. The summed E-state index contributed by atoms with van der Waals surface area (Å²) in [6.07, 6.45) is 0. The molecule has 1 N–H and O–H groups in total. The zero-order valence-electron chi connectivity index (χ0n) is 9.34. The predicted octanol–water partition coefficient (Wildman–Crippen LogP) is 1.40. The minimum atomic E-state index is -0.353. The molecular weight excluding hydrogens is 207 g/mol. The standard InChI is InChI=1S/C11H14BO4/c1-8(2)7-15-11(13)9-3-5-10(6-4-9)16-12-14/h3-6,8,14H,7H2,1-2H3. The van der Waals surface area contributed by atoms with E-state index in [0.717, 1.165) is 0 Å². The molecule has 0 aliphatic carbocycles. The molecule has 0 fully saturated rings. The Morgan fingerprint density at radius 2 is 2.00 bits per heavy atom. The molecule has 4 nitrogen and oxygen atoms in total. The van der Waals surface area contributed by atoms with Gasteiger partial charge in [-0.15, -0.1) is 0 Å². The third-order valence-electron chi connectivity index (χ3n) is 1.83. The van der Waals surface area contributed by atoms with E-state index in [1.165, 1.54) is 0 Å². The molecule has 1 aromatic carbocycles. The largest absolute Gasteiger partial charge is 0.569 e. The molecule has 0 spiro atoms. The Morgan fingerprint density at radius 3 is 2.50 bits per heavy atom. The fraction of sp³-hybridized carbons (Fsp3) is 0.364. The van der Waals surface area contributed by atoms with E-state index in [0.29, 0.717) is 31.5 Å². The van der Waals surface area contributed by atoms with Crippen LogP contribution in [0.5, 0.6) is 5.75 Å². The highest BCUT2D eigenvalue weighted by atomic mass is 16.5. The van der Waals surface area contributed by atoms with Crippen LogP contribution in [0.3, 0.4) is 0 Å². The fourth-order valence-corrected chi connectivity index (χ4v) is 1.06. The number of carbonyl (C=O) groups is 1. The van der Waals surface area contributed by atoms with Crippen molar-refractivity contribution >= 4 is 13.7 Å². The fourth-order valence-electron chi connectivity index (χ4n) is 1.06. The average molecular weight is 221 g/mol. The summed E-state index contributed by atoms with van der Waals surface area (Å²) in [6.45, 7) is 4.35. The summed E-state index contributed by atoms with van der Waals surface area (Å²) in [6, 6.07) is 6.33. The first kappa shape index (κ1) is 12.6. The number of esters is 1. The maximum Gasteiger partial charge on any atom is 0.569 e. The monoisotopic (exact) mass is 221 g/mol. The number of carbonyl (C=O) groups excluding carboxylic acids is 1. The topological polar surface area (TPSA) is 55.8 Å². The van der Waals surface area contributed by atoms with Crippen LogP contribution < -0.4 is 4.65 Å². The number of ether oxygens (including phenoxy) is 1. The first-order chi connectivity index (χ1) is 7.63. The predicted molar refractivity (Wildman–Crippen MR) is 60.2 cm³/mol. The van der Waals surface area contributed by atoms with Crippen LogP contribution in [0.25, 0.3) is 0 Å². The zero-order chi connectivity index (χ0) is 12.0. The SMILES string of the molecule is CC(C)COC(=O)c1ccc(O[B]O)cc1. The van der Waals surface area contributed by atoms with E-state index in [1.54, 1.807) is 24.3 Å². The molecule has 0 aliphatic rings. The van der Waals surface area contributed by atoms with Crippen LogP contribution in [0.4, 0.5) is 0 Å². The smallest absolute Gasteiger partial charge is 0.537 e. The molecule has 0 amide bonds. The van der Waals surface area contributed by atoms with Crippen molar-refractivity contribution in [2.75, 3.05) is 6.61 Å². The van der Waals surface area contributed by atoms with Crippen LogP contribution in [-0.4, -0.2) is 25.3 Å². The lowest BCUT2D eigenvalue weighted by Gasteiger charge is -2.07. The van der Waals surface area contributed by atoms with E-state index >= 15 is 0 Å². The Morgan fingerprint density at radius 1 is 1.38 bits per heavy atom. The van der Waals surface area contributed by atoms with Crippen molar-refractivity contribution in [1.29, 1.82) is 0 Å². The Labute approximate surface area is 95.5 Å². The first-order valence-corrected chi connectivity index (χ1v) is 5.03. The van der Waals surface area contributed by atoms with Gasteiger partial charge in [-0.1, -0.05) is 13.8 Å². The van der Waals surface area contributed by atoms with Crippen molar-refractivity contribution in [3.05, 3.63) is 29.8 Å². The Balaban J connectivity index is 2.56. The highest BCUT2D eigenvalue weighted by molar-refractivity contribution is 6.17. The lowest BCUT2D eigenvalue weighted by atomic mass is 10.2. The first-order valence-electron chi connectivity index (χ1n) is 5.03. The Bertz CT molecular complexity index is 334. The molecule has 0 heterocycles. The lowest BCUT2D eigenvalue weighted by molar-refractivity contribution is 0.0459. The summed E-state index contributed by atoms with van der Waals surface area (Å²) < 4.78 is 9.77. The van der Waals surface area contributed by atoms with Crippen molar-refractivity contribution in [3.63, 3.8) is 0 Å². The van der Waals surface area contributed by atoms with Gasteiger partial charge < -0.3 is 14.4 Å². The quantitative estimate of drug-likeness (QED) is 0.603. The van der Waals surface area contributed by atoms with Crippen molar-refractivity contribution in [1.82, 2.24) is 0 Å². The molecule has 0 saturated heterocycles. The molecule has 0 aliphatic heterocycles. The summed E-state index contributed by atoms with van der Waals surface area (Å²) in [5.41, 5.74) is 0.464. The third kappa shape index (κ3) is 3.94. The van der Waals surface area contributed by atoms with Crippen LogP contribution >= 0.6 is 0 Å². The summed E-state index contributed by atoms with van der Waals surface area (Å²) in [7, 11) is 0.589. The molecule has 85 valence electrons. The van der Waals surface area contributed by atoms with E-state index in [-0.39, 0.29) is 5.97 Å². The van der Waals surface area contributed by atoms with Crippen LogP contribution in [0.2, 0.25) is 0 Å². The van der Waals surface area contributed by atoms with Crippen LogP contribution in [-0.2, 0) is 4.74 Å². The molecule has 0 aromatic heterocycles. The molecule has 16 heavy (non-hydrogen) atoms. The van der Waals surface area contributed by atoms with Gasteiger partial charge in [-0.25, -0.2) is 4.79 Å². The Kier molecular flexibility index (Phi) is 4.86. The molecule has 1 rings (SSSR count). The van der Waals surface area contributed by atoms with Gasteiger partial charge >= 0.3 is 13.7 Å². The molecule has 1 radical (unpaired) electrons. The van der Waals surface area contributed by atoms with Gasteiger partial charge in [0.1, 0.15) is 5.75 Å². The Hall–Kier alpha value is -1.49. The minimum absolute atomic E-state index is 0.315. The van der Waals surface area contributed by atoms with Gasteiger partial charge in [-0.2, -0.15) is 0 Å². The van der Waals surface area contributed by atoms with Gasteiger partial charge in [0.05, 0.1) is 12.2 Å². The second kappa shape index (κ2) is 6.17. The van der Waals surface area contributed by atoms with E-state index in [4.69, 9.17) is 14.4 Å². The summed E-state index contributed by atoms with van der Waals surface area (Å²) in [4.78, 5) is 11.5. The normalized spacial score (nSPS) is 10.0. The van der Waals surface area contributed by atoms with E-state index < -0.39 is 0 Å². The highest BCUT2D eigenvalue weighted by Crippen LogP contribution is 2.12. The molecule has 0 bridgehead atoms. The minimum Gasteiger partial charge on any atom is -0.537 e. The van der Waals surface area contributed by atoms with E-state index in [2.05, 4.69) is 0 Å². The van der Waals surface area contributed by atoms with E-state index in [9.17, 15) is 4.79 Å². The maximum absolute atomic E-state index is 11.5. The van der Waals surface area contributed by atoms with Gasteiger partial charge in [-0.05, 0) is 30.2 Å². The van der Waals surface area contributed by atoms with Gasteiger partial charge in [0, 0.05) is 0 Å². The summed E-state index contributed by atoms with van der Waals surface area (Å²) in [5, 5.41) is 8.40. The van der Waals surface area contributed by atoms with Crippen molar-refractivity contribution < 1.29 is 19.2 Å². The van der Waals surface area contributed by atoms with E-state index in [1.807, 2.05) is 13.8 Å². The van der Waals surface area contributed by atoms with Gasteiger partial charge in [0.2, 0.25) is 0 Å². The van der Waals surface area contributed by atoms with Crippen LogP contribution in [0, 0.1) is 5.92 Å². The van der Waals surface area contributed by atoms with Gasteiger partial charge in [0.25, 0.3) is 0 Å². The van der Waals surface area contributed by atoms with Gasteiger partial charge in [-0.3, -0.25) is 0 Å². The molecule has 0 saturated carbocycles. The van der Waals surface area contributed by atoms with Crippen molar-refractivity contribution in [3.8, 4) is 5.75 Å².